The molecule has 0 aromatic carbocycles. The van der Waals surface area contributed by atoms with Crippen molar-refractivity contribution in [3.8, 4) is 0 Å². The number of rotatable bonds is 0. The quantitative estimate of drug-likeness (QED) is 0.327. The fraction of sp³-hybridized carbons (Fsp3) is 0. The zero-order valence-corrected chi connectivity index (χ0v) is 6.70. The molecule has 0 unspecified atom stereocenters. The molecular formula is H4B2CaO6. The molecule has 0 aliphatic heterocycles. The Hall–Kier alpha value is 0.510. The van der Waals surface area contributed by atoms with Crippen LogP contribution in [0.15, 0.2) is 0 Å². The van der Waals surface area contributed by atoms with Gasteiger partial charge in [-0.05, 0) is 0 Å². The average molecular weight is 162 g/mol. The van der Waals surface area contributed by atoms with E-state index >= 15 is 0 Å². The van der Waals surface area contributed by atoms with E-state index in [0.717, 1.165) is 0 Å². The standard InChI is InChI=1S/2BO2.Ca.2H2O/c2*2-1-3;;;/h;;;2*1H2/q2*-1;+2;;. The molecule has 0 heterocycles. The first-order valence-corrected chi connectivity index (χ1v) is 0.943. The van der Waals surface area contributed by atoms with Crippen LogP contribution in [0.3, 0.4) is 0 Å². The molecule has 4 N–H and O–H groups in total. The normalized spacial score (nSPS) is 1.78. The van der Waals surface area contributed by atoms with Gasteiger partial charge in [0.25, 0.3) is 0 Å². The van der Waals surface area contributed by atoms with E-state index in [1.807, 2.05) is 0 Å². The third-order valence-corrected chi connectivity index (χ3v) is 0. The smallest absolute Gasteiger partial charge is 2.00 e. The van der Waals surface area contributed by atoms with Gasteiger partial charge in [0.2, 0.25) is 0 Å². The molecule has 0 rings (SSSR count). The molecule has 0 aliphatic carbocycles. The van der Waals surface area contributed by atoms with E-state index in [2.05, 4.69) is 0 Å². The van der Waals surface area contributed by atoms with E-state index in [-0.39, 0.29) is 48.7 Å². The minimum absolute atomic E-state index is 0. The van der Waals surface area contributed by atoms with E-state index in [4.69, 9.17) is 19.5 Å². The van der Waals surface area contributed by atoms with Crippen LogP contribution >= 0.6 is 0 Å². The second-order valence-corrected chi connectivity index (χ2v) is 0.192. The van der Waals surface area contributed by atoms with Crippen molar-refractivity contribution in [3.05, 3.63) is 0 Å². The van der Waals surface area contributed by atoms with Crippen molar-refractivity contribution in [1.29, 1.82) is 0 Å². The maximum Gasteiger partial charge on any atom is 2.00 e. The molecule has 0 aliphatic rings. The summed E-state index contributed by atoms with van der Waals surface area (Å²) in [4.78, 5) is 0. The zero-order valence-electron chi connectivity index (χ0n) is 4.49. The van der Waals surface area contributed by atoms with Gasteiger partial charge in [0, 0.05) is 0 Å². The van der Waals surface area contributed by atoms with Crippen molar-refractivity contribution in [2.75, 3.05) is 0 Å². The van der Waals surface area contributed by atoms with Crippen LogP contribution in [0.25, 0.3) is 0 Å². The zero-order chi connectivity index (χ0) is 5.41. The largest absolute Gasteiger partial charge is 2.00 e. The molecule has 9 heavy (non-hydrogen) atoms. The van der Waals surface area contributed by atoms with E-state index < -0.39 is 14.7 Å². The molecule has 0 aromatic rings. The molecule has 48 valence electrons. The molecule has 9 heteroatoms. The minimum atomic E-state index is -0.500. The monoisotopic (exact) mass is 162 g/mol. The molecule has 0 saturated carbocycles. The number of hydrogen-bond acceptors (Lipinski definition) is 4. The predicted octanol–water partition coefficient (Wildman–Crippen LogP) is -5.41. The van der Waals surface area contributed by atoms with Crippen LogP contribution in [-0.4, -0.2) is 63.4 Å². The van der Waals surface area contributed by atoms with E-state index in [9.17, 15) is 0 Å². The van der Waals surface area contributed by atoms with E-state index in [1.54, 1.807) is 0 Å². The minimum Gasteiger partial charge on any atom is 2.00 e. The van der Waals surface area contributed by atoms with Gasteiger partial charge in [0.05, 0.1) is 0 Å². The van der Waals surface area contributed by atoms with Crippen LogP contribution in [-0.2, 0) is 9.41 Å². The molecule has 0 amide bonds. The van der Waals surface area contributed by atoms with Gasteiger partial charge in [-0.2, -0.15) is 0 Å². The Kier molecular flexibility index (Phi) is 287. The first-order valence-electron chi connectivity index (χ1n) is 0.943. The Morgan fingerprint density at radius 1 is 0.889 bits per heavy atom. The third kappa shape index (κ3) is 1390. The summed E-state index contributed by atoms with van der Waals surface area (Å²) in [5.74, 6) is 0. The summed E-state index contributed by atoms with van der Waals surface area (Å²) in [6, 6.07) is 0. The SMILES string of the molecule is O.O.O=B[O-].O=B[O-].[Ca+2]. The third-order valence-electron chi connectivity index (χ3n) is 0. The van der Waals surface area contributed by atoms with Crippen LogP contribution < -0.4 is 10.0 Å². The summed E-state index contributed by atoms with van der Waals surface area (Å²) in [5, 5.41) is 16.5. The van der Waals surface area contributed by atoms with Crippen LogP contribution in [0.1, 0.15) is 0 Å². The van der Waals surface area contributed by atoms with Gasteiger partial charge in [0.15, 0.2) is 0 Å². The molecule has 0 spiro atoms. The van der Waals surface area contributed by atoms with Gasteiger partial charge >= 0.3 is 71.9 Å². The van der Waals surface area contributed by atoms with Crippen molar-refractivity contribution in [3.63, 3.8) is 0 Å². The van der Waals surface area contributed by atoms with Gasteiger partial charge in [-0.15, -0.1) is 0 Å². The summed E-state index contributed by atoms with van der Waals surface area (Å²) >= 11 is 0. The fourth-order valence-electron chi connectivity index (χ4n) is 0. The molecule has 0 atom stereocenters. The Morgan fingerprint density at radius 2 is 0.889 bits per heavy atom. The van der Waals surface area contributed by atoms with Crippen molar-refractivity contribution in [2.24, 2.45) is 0 Å². The summed E-state index contributed by atoms with van der Waals surface area (Å²) in [5.41, 5.74) is 0. The molecule has 0 fully saturated rings. The maximum atomic E-state index is 8.25. The molecule has 0 aromatic heterocycles. The Bertz CT molecular complexity index is 32.0. The molecule has 0 radical (unpaired) electrons. The predicted molar refractivity (Wildman–Crippen MR) is 25.9 cm³/mol. The van der Waals surface area contributed by atoms with Crippen LogP contribution in [0, 0.1) is 0 Å². The Morgan fingerprint density at radius 3 is 0.889 bits per heavy atom. The van der Waals surface area contributed by atoms with E-state index in [1.165, 1.54) is 0 Å². The Balaban J connectivity index is -0.00000000889. The van der Waals surface area contributed by atoms with Gasteiger partial charge in [0.1, 0.15) is 0 Å². The van der Waals surface area contributed by atoms with E-state index in [0.29, 0.717) is 0 Å². The summed E-state index contributed by atoms with van der Waals surface area (Å²) in [6.07, 6.45) is 0. The molecule has 0 saturated heterocycles. The maximum absolute atomic E-state index is 8.25. The van der Waals surface area contributed by atoms with Gasteiger partial charge in [-0.1, -0.05) is 0 Å². The van der Waals surface area contributed by atoms with Crippen molar-refractivity contribution >= 4 is 52.4 Å². The average Bonchev–Trinajstić information content (AvgIpc) is 1.39. The summed E-state index contributed by atoms with van der Waals surface area (Å²) < 4.78 is 16.5. The number of hydrogen-bond donors (Lipinski definition) is 0. The summed E-state index contributed by atoms with van der Waals surface area (Å²) in [6.45, 7) is 0. The Labute approximate surface area is 82.4 Å². The van der Waals surface area contributed by atoms with Gasteiger partial charge < -0.3 is 11.0 Å². The van der Waals surface area contributed by atoms with Crippen LogP contribution in [0.4, 0.5) is 0 Å². The van der Waals surface area contributed by atoms with Crippen LogP contribution in [0.5, 0.6) is 0 Å². The molecule has 0 bridgehead atoms. The summed E-state index contributed by atoms with van der Waals surface area (Å²) in [7, 11) is -1.00. The van der Waals surface area contributed by atoms with Gasteiger partial charge in [-0.25, -0.2) is 0 Å². The van der Waals surface area contributed by atoms with Crippen molar-refractivity contribution in [1.82, 2.24) is 0 Å². The first kappa shape index (κ1) is 33.9. The first-order chi connectivity index (χ1) is 2.83. The van der Waals surface area contributed by atoms with Gasteiger partial charge in [-0.3, -0.25) is 0 Å². The van der Waals surface area contributed by atoms with Crippen molar-refractivity contribution < 1.29 is 30.4 Å². The second kappa shape index (κ2) is 76.2. The van der Waals surface area contributed by atoms with Crippen LogP contribution in [0.2, 0.25) is 0 Å². The molecule has 6 nitrogen and oxygen atoms in total. The fourth-order valence-corrected chi connectivity index (χ4v) is 0. The van der Waals surface area contributed by atoms with Crippen molar-refractivity contribution in [2.45, 2.75) is 0 Å². The molecular weight excluding hydrogens is 158 g/mol. The second-order valence-electron chi connectivity index (χ2n) is 0.192. The topological polar surface area (TPSA) is 143 Å².